The fourth-order valence-electron chi connectivity index (χ4n) is 4.62. The second-order valence-electron chi connectivity index (χ2n) is 11.7. The molecule has 2 N–H and O–H groups in total. The van der Waals surface area contributed by atoms with Crippen LogP contribution in [0, 0.1) is 11.8 Å². The standard InChI is InChI=1S/C30H49N3O3/c1-8-24(4)18-21-33-20-13-12-19-30(33,32-28(35)36-29(5,6)7)27(34)31-26(22-23(2)3)17-16-25-14-10-9-11-15-25/h9-11,14-17,23-24,26H,8,12-13,18-22H2,1-7H3,(H,31,34)(H,32,35)/b17-16+/t24-,26+,30-/m0/s1. The van der Waals surface area contributed by atoms with Gasteiger partial charge in [0.25, 0.3) is 5.91 Å². The third-order valence-electron chi connectivity index (χ3n) is 6.79. The molecule has 1 aromatic carbocycles. The van der Waals surface area contributed by atoms with Crippen LogP contribution < -0.4 is 10.6 Å². The highest BCUT2D eigenvalue weighted by Gasteiger charge is 2.48. The van der Waals surface area contributed by atoms with E-state index >= 15 is 0 Å². The second kappa shape index (κ2) is 13.8. The minimum atomic E-state index is -1.12. The van der Waals surface area contributed by atoms with E-state index in [0.29, 0.717) is 18.3 Å². The zero-order chi connectivity index (χ0) is 26.8. The Balaban J connectivity index is 2.33. The molecule has 1 fully saturated rings. The Hall–Kier alpha value is -2.34. The molecular weight excluding hydrogens is 450 g/mol. The maximum Gasteiger partial charge on any atom is 0.409 e. The fourth-order valence-corrected chi connectivity index (χ4v) is 4.62. The van der Waals surface area contributed by atoms with Gasteiger partial charge in [0.1, 0.15) is 5.60 Å². The molecule has 0 unspecified atom stereocenters. The summed E-state index contributed by atoms with van der Waals surface area (Å²) in [6, 6.07) is 9.96. The smallest absolute Gasteiger partial charge is 0.409 e. The quantitative estimate of drug-likeness (QED) is 0.371. The van der Waals surface area contributed by atoms with E-state index in [2.05, 4.69) is 55.4 Å². The molecule has 0 radical (unpaired) electrons. The van der Waals surface area contributed by atoms with E-state index in [9.17, 15) is 9.59 Å². The number of ether oxygens (including phenoxy) is 1. The van der Waals surface area contributed by atoms with Gasteiger partial charge in [-0.3, -0.25) is 15.0 Å². The first-order valence-corrected chi connectivity index (χ1v) is 13.8. The van der Waals surface area contributed by atoms with Crippen molar-refractivity contribution in [2.24, 2.45) is 11.8 Å². The van der Waals surface area contributed by atoms with Gasteiger partial charge < -0.3 is 10.1 Å². The molecule has 0 aliphatic carbocycles. The van der Waals surface area contributed by atoms with E-state index in [1.165, 1.54) is 0 Å². The summed E-state index contributed by atoms with van der Waals surface area (Å²) >= 11 is 0. The molecule has 6 heteroatoms. The van der Waals surface area contributed by atoms with Crippen LogP contribution in [0.4, 0.5) is 4.79 Å². The number of nitrogens with one attached hydrogen (secondary N) is 2. The molecule has 1 aliphatic rings. The average molecular weight is 500 g/mol. The normalized spacial score (nSPS) is 20.8. The summed E-state index contributed by atoms with van der Waals surface area (Å²) < 4.78 is 5.61. The van der Waals surface area contributed by atoms with Crippen molar-refractivity contribution < 1.29 is 14.3 Å². The SMILES string of the molecule is CC[C@H](C)CCN1CCCC[C@@]1(NC(=O)OC(C)(C)C)C(=O)N[C@H](/C=C/c1ccccc1)CC(C)C. The first-order chi connectivity index (χ1) is 16.9. The molecule has 3 atom stereocenters. The lowest BCUT2D eigenvalue weighted by Gasteiger charge is -2.46. The number of carbonyl (C=O) groups is 2. The molecular formula is C30H49N3O3. The molecule has 1 heterocycles. The van der Waals surface area contributed by atoms with Crippen LogP contribution in [0.15, 0.2) is 36.4 Å². The van der Waals surface area contributed by atoms with Gasteiger partial charge in [-0.1, -0.05) is 76.6 Å². The van der Waals surface area contributed by atoms with Crippen molar-refractivity contribution in [2.45, 2.75) is 104 Å². The molecule has 202 valence electrons. The number of amides is 2. The van der Waals surface area contributed by atoms with Crippen molar-refractivity contribution >= 4 is 18.1 Å². The number of alkyl carbamates (subject to hydrolysis) is 1. The van der Waals surface area contributed by atoms with E-state index in [4.69, 9.17) is 4.74 Å². The number of piperidine rings is 1. The first kappa shape index (κ1) is 29.9. The third-order valence-corrected chi connectivity index (χ3v) is 6.79. The van der Waals surface area contributed by atoms with Crippen LogP contribution >= 0.6 is 0 Å². The topological polar surface area (TPSA) is 70.7 Å². The molecule has 1 aliphatic heterocycles. The minimum absolute atomic E-state index is 0.145. The van der Waals surface area contributed by atoms with E-state index in [-0.39, 0.29) is 11.9 Å². The predicted octanol–water partition coefficient (Wildman–Crippen LogP) is 6.37. The number of hydrogen-bond donors (Lipinski definition) is 2. The number of likely N-dealkylation sites (tertiary alicyclic amines) is 1. The Labute approximate surface area is 219 Å². The van der Waals surface area contributed by atoms with Crippen molar-refractivity contribution in [1.29, 1.82) is 0 Å². The van der Waals surface area contributed by atoms with Crippen molar-refractivity contribution in [3.63, 3.8) is 0 Å². The molecule has 0 spiro atoms. The van der Waals surface area contributed by atoms with Gasteiger partial charge in [0.2, 0.25) is 0 Å². The highest BCUT2D eigenvalue weighted by molar-refractivity contribution is 5.90. The Bertz CT molecular complexity index is 847. The van der Waals surface area contributed by atoms with E-state index in [1.54, 1.807) is 0 Å². The van der Waals surface area contributed by atoms with Gasteiger partial charge in [0.15, 0.2) is 5.66 Å². The van der Waals surface area contributed by atoms with Gasteiger partial charge in [0, 0.05) is 19.1 Å². The summed E-state index contributed by atoms with van der Waals surface area (Å²) in [5.41, 5.74) is -0.671. The van der Waals surface area contributed by atoms with Crippen LogP contribution in [0.1, 0.15) is 92.6 Å². The number of rotatable bonds is 11. The third kappa shape index (κ3) is 9.61. The first-order valence-electron chi connectivity index (χ1n) is 13.8. The van der Waals surface area contributed by atoms with Crippen LogP contribution in [0.2, 0.25) is 0 Å². The molecule has 6 nitrogen and oxygen atoms in total. The molecule has 1 saturated heterocycles. The van der Waals surface area contributed by atoms with Crippen LogP contribution in [0.3, 0.4) is 0 Å². The minimum Gasteiger partial charge on any atom is -0.444 e. The van der Waals surface area contributed by atoms with Gasteiger partial charge in [-0.2, -0.15) is 0 Å². The van der Waals surface area contributed by atoms with Crippen molar-refractivity contribution in [3.8, 4) is 0 Å². The summed E-state index contributed by atoms with van der Waals surface area (Å²) in [4.78, 5) is 29.3. The van der Waals surface area contributed by atoms with E-state index in [0.717, 1.165) is 50.8 Å². The lowest BCUT2D eigenvalue weighted by Crippen LogP contribution is -2.71. The molecule has 36 heavy (non-hydrogen) atoms. The predicted molar refractivity (Wildman–Crippen MR) is 148 cm³/mol. The molecule has 2 amide bonds. The van der Waals surface area contributed by atoms with Gasteiger partial charge in [-0.05, 0) is 70.3 Å². The van der Waals surface area contributed by atoms with Crippen molar-refractivity contribution in [2.75, 3.05) is 13.1 Å². The van der Waals surface area contributed by atoms with Crippen LogP contribution in [-0.4, -0.2) is 47.3 Å². The van der Waals surface area contributed by atoms with E-state index < -0.39 is 17.4 Å². The number of benzene rings is 1. The Morgan fingerprint density at radius 1 is 1.14 bits per heavy atom. The zero-order valence-electron chi connectivity index (χ0n) is 23.6. The molecule has 0 saturated carbocycles. The second-order valence-corrected chi connectivity index (χ2v) is 11.7. The van der Waals surface area contributed by atoms with Crippen molar-refractivity contribution in [3.05, 3.63) is 42.0 Å². The summed E-state index contributed by atoms with van der Waals surface area (Å²) in [5, 5.41) is 6.33. The average Bonchev–Trinajstić information content (AvgIpc) is 2.80. The maximum absolute atomic E-state index is 14.1. The van der Waals surface area contributed by atoms with Gasteiger partial charge in [0.05, 0.1) is 0 Å². The summed E-state index contributed by atoms with van der Waals surface area (Å²) in [7, 11) is 0. The highest BCUT2D eigenvalue weighted by atomic mass is 16.6. The van der Waals surface area contributed by atoms with Crippen LogP contribution in [0.5, 0.6) is 0 Å². The molecule has 0 bridgehead atoms. The Morgan fingerprint density at radius 3 is 2.44 bits per heavy atom. The summed E-state index contributed by atoms with van der Waals surface area (Å²) in [6.45, 7) is 15.8. The largest absolute Gasteiger partial charge is 0.444 e. The van der Waals surface area contributed by atoms with Gasteiger partial charge in [-0.15, -0.1) is 0 Å². The Kier molecular flexibility index (Phi) is 11.5. The molecule has 1 aromatic rings. The van der Waals surface area contributed by atoms with Gasteiger partial charge >= 0.3 is 6.09 Å². The lowest BCUT2D eigenvalue weighted by atomic mass is 9.91. The van der Waals surface area contributed by atoms with Crippen molar-refractivity contribution in [1.82, 2.24) is 15.5 Å². The van der Waals surface area contributed by atoms with Gasteiger partial charge in [-0.25, -0.2) is 4.79 Å². The fraction of sp³-hybridized carbons (Fsp3) is 0.667. The highest BCUT2D eigenvalue weighted by Crippen LogP contribution is 2.29. The molecule has 0 aromatic heterocycles. The number of nitrogens with zero attached hydrogens (tertiary/aromatic N) is 1. The van der Waals surface area contributed by atoms with Crippen LogP contribution in [-0.2, 0) is 9.53 Å². The summed E-state index contributed by atoms with van der Waals surface area (Å²) in [5.74, 6) is 0.802. The van der Waals surface area contributed by atoms with E-state index in [1.807, 2.05) is 51.1 Å². The molecule has 2 rings (SSSR count). The zero-order valence-corrected chi connectivity index (χ0v) is 23.6. The Morgan fingerprint density at radius 2 is 1.83 bits per heavy atom. The van der Waals surface area contributed by atoms with Crippen LogP contribution in [0.25, 0.3) is 6.08 Å². The number of carbonyl (C=O) groups excluding carboxylic acids is 2. The number of hydrogen-bond acceptors (Lipinski definition) is 4. The lowest BCUT2D eigenvalue weighted by molar-refractivity contribution is -0.140. The monoisotopic (exact) mass is 499 g/mol. The summed E-state index contributed by atoms with van der Waals surface area (Å²) in [6.07, 6.45) is 8.90. The maximum atomic E-state index is 14.1.